The molecule has 1 rings (SSSR count). The fourth-order valence-corrected chi connectivity index (χ4v) is 1.89. The van der Waals surface area contributed by atoms with Crippen molar-refractivity contribution in [3.63, 3.8) is 0 Å². The van der Waals surface area contributed by atoms with Crippen molar-refractivity contribution in [3.05, 3.63) is 17.8 Å². The second-order valence-electron chi connectivity index (χ2n) is 3.60. The van der Waals surface area contributed by atoms with Crippen LogP contribution in [0.4, 0.5) is 5.82 Å². The van der Waals surface area contributed by atoms with Gasteiger partial charge in [0.25, 0.3) is 0 Å². The van der Waals surface area contributed by atoms with Crippen molar-refractivity contribution < 1.29 is 8.42 Å². The minimum absolute atomic E-state index is 0.238. The third-order valence-corrected chi connectivity index (χ3v) is 2.94. The molecule has 0 bridgehead atoms. The SMILES string of the molecule is CS(=O)(=O)NCCCNc1nnccc1C(N)=S. The van der Waals surface area contributed by atoms with Gasteiger partial charge in [-0.25, -0.2) is 13.1 Å². The summed E-state index contributed by atoms with van der Waals surface area (Å²) in [5, 5.41) is 10.6. The highest BCUT2D eigenvalue weighted by Crippen LogP contribution is 2.09. The summed E-state index contributed by atoms with van der Waals surface area (Å²) in [5.41, 5.74) is 6.16. The number of nitrogens with zero attached hydrogens (tertiary/aromatic N) is 2. The summed E-state index contributed by atoms with van der Waals surface area (Å²) in [5.74, 6) is 0.504. The molecule has 0 aromatic carbocycles. The van der Waals surface area contributed by atoms with Crippen molar-refractivity contribution in [3.8, 4) is 0 Å². The third-order valence-electron chi connectivity index (χ3n) is 2.00. The van der Waals surface area contributed by atoms with Gasteiger partial charge in [0.15, 0.2) is 5.82 Å². The van der Waals surface area contributed by atoms with Crippen molar-refractivity contribution in [1.29, 1.82) is 0 Å². The molecule has 18 heavy (non-hydrogen) atoms. The van der Waals surface area contributed by atoms with Gasteiger partial charge in [0.2, 0.25) is 10.0 Å². The van der Waals surface area contributed by atoms with Gasteiger partial charge < -0.3 is 11.1 Å². The maximum Gasteiger partial charge on any atom is 0.208 e. The standard InChI is InChI=1S/C9H15N5O2S2/c1-18(15,16)13-5-2-4-11-9-7(8(10)17)3-6-12-14-9/h3,6,13H,2,4-5H2,1H3,(H2,10,17)(H,11,14). The number of thiocarbonyl (C=S) groups is 1. The average Bonchev–Trinajstić information content (AvgIpc) is 2.27. The van der Waals surface area contributed by atoms with Gasteiger partial charge >= 0.3 is 0 Å². The van der Waals surface area contributed by atoms with Gasteiger partial charge in [-0.3, -0.25) is 0 Å². The van der Waals surface area contributed by atoms with E-state index in [2.05, 4.69) is 20.2 Å². The Morgan fingerprint density at radius 3 is 2.83 bits per heavy atom. The Bertz CT molecular complexity index is 517. The zero-order valence-electron chi connectivity index (χ0n) is 9.88. The van der Waals surface area contributed by atoms with Gasteiger partial charge in [-0.2, -0.15) is 5.10 Å². The van der Waals surface area contributed by atoms with E-state index in [0.29, 0.717) is 30.9 Å². The lowest BCUT2D eigenvalue weighted by Crippen LogP contribution is -2.25. The highest BCUT2D eigenvalue weighted by molar-refractivity contribution is 7.88. The minimum Gasteiger partial charge on any atom is -0.389 e. The molecule has 100 valence electrons. The molecule has 1 aromatic heterocycles. The lowest BCUT2D eigenvalue weighted by atomic mass is 10.3. The van der Waals surface area contributed by atoms with Crippen LogP contribution in [0.5, 0.6) is 0 Å². The molecule has 0 aliphatic rings. The monoisotopic (exact) mass is 289 g/mol. The molecule has 0 radical (unpaired) electrons. The zero-order valence-corrected chi connectivity index (χ0v) is 11.5. The van der Waals surface area contributed by atoms with Gasteiger partial charge in [0.05, 0.1) is 18.0 Å². The van der Waals surface area contributed by atoms with E-state index >= 15 is 0 Å². The molecule has 0 saturated heterocycles. The Morgan fingerprint density at radius 1 is 1.50 bits per heavy atom. The smallest absolute Gasteiger partial charge is 0.208 e. The molecule has 9 heteroatoms. The molecule has 0 amide bonds. The Hall–Kier alpha value is -1.32. The van der Waals surface area contributed by atoms with E-state index in [4.69, 9.17) is 18.0 Å². The normalized spacial score (nSPS) is 11.2. The van der Waals surface area contributed by atoms with Gasteiger partial charge in [-0.05, 0) is 12.5 Å². The number of nitrogens with one attached hydrogen (secondary N) is 2. The van der Waals surface area contributed by atoms with Crippen LogP contribution < -0.4 is 15.8 Å². The lowest BCUT2D eigenvalue weighted by Gasteiger charge is -2.08. The van der Waals surface area contributed by atoms with E-state index in [0.717, 1.165) is 6.26 Å². The van der Waals surface area contributed by atoms with Gasteiger partial charge in [0.1, 0.15) is 4.99 Å². The summed E-state index contributed by atoms with van der Waals surface area (Å²) in [6.07, 6.45) is 3.24. The van der Waals surface area contributed by atoms with E-state index < -0.39 is 10.0 Å². The zero-order chi connectivity index (χ0) is 13.6. The topological polar surface area (TPSA) is 110 Å². The van der Waals surface area contributed by atoms with Crippen molar-refractivity contribution in [2.75, 3.05) is 24.7 Å². The molecule has 0 aliphatic heterocycles. The van der Waals surface area contributed by atoms with Crippen LogP contribution in [0.2, 0.25) is 0 Å². The Kier molecular flexibility index (Phi) is 5.38. The first-order valence-electron chi connectivity index (χ1n) is 5.20. The van der Waals surface area contributed by atoms with Crippen molar-refractivity contribution in [2.45, 2.75) is 6.42 Å². The van der Waals surface area contributed by atoms with Crippen LogP contribution in [0.25, 0.3) is 0 Å². The molecule has 0 saturated carbocycles. The first kappa shape index (κ1) is 14.7. The number of hydrogen-bond donors (Lipinski definition) is 3. The summed E-state index contributed by atoms with van der Waals surface area (Å²) in [7, 11) is -3.14. The fraction of sp³-hybridized carbons (Fsp3) is 0.444. The number of nitrogens with two attached hydrogens (primary N) is 1. The average molecular weight is 289 g/mol. The van der Waals surface area contributed by atoms with Gasteiger partial charge in [0, 0.05) is 13.1 Å². The molecule has 0 atom stereocenters. The van der Waals surface area contributed by atoms with Crippen LogP contribution in [-0.4, -0.2) is 42.9 Å². The second kappa shape index (κ2) is 6.57. The fourth-order valence-electron chi connectivity index (χ4n) is 1.21. The van der Waals surface area contributed by atoms with Gasteiger partial charge in [-0.1, -0.05) is 12.2 Å². The molecule has 1 heterocycles. The van der Waals surface area contributed by atoms with E-state index in [1.165, 1.54) is 6.20 Å². The molecule has 0 unspecified atom stereocenters. The van der Waals surface area contributed by atoms with E-state index in [9.17, 15) is 8.42 Å². The molecule has 7 nitrogen and oxygen atoms in total. The molecule has 0 fully saturated rings. The summed E-state index contributed by atoms with van der Waals surface area (Å²) < 4.78 is 24.0. The Morgan fingerprint density at radius 2 is 2.22 bits per heavy atom. The number of anilines is 1. The molecule has 1 aromatic rings. The summed E-state index contributed by atoms with van der Waals surface area (Å²) in [4.78, 5) is 0.238. The molecule has 0 spiro atoms. The summed E-state index contributed by atoms with van der Waals surface area (Å²) in [6.45, 7) is 0.894. The minimum atomic E-state index is -3.14. The first-order valence-corrected chi connectivity index (χ1v) is 7.50. The quantitative estimate of drug-likeness (QED) is 0.457. The van der Waals surface area contributed by atoms with Crippen LogP contribution in [0, 0.1) is 0 Å². The lowest BCUT2D eigenvalue weighted by molar-refractivity contribution is 0.586. The number of hydrogen-bond acceptors (Lipinski definition) is 6. The number of aromatic nitrogens is 2. The first-order chi connectivity index (χ1) is 8.40. The van der Waals surface area contributed by atoms with Crippen LogP contribution in [0.15, 0.2) is 12.3 Å². The van der Waals surface area contributed by atoms with Crippen LogP contribution in [0.1, 0.15) is 12.0 Å². The second-order valence-corrected chi connectivity index (χ2v) is 5.88. The molecule has 4 N–H and O–H groups in total. The number of sulfonamides is 1. The Balaban J connectivity index is 2.42. The highest BCUT2D eigenvalue weighted by Gasteiger charge is 2.06. The summed E-state index contributed by atoms with van der Waals surface area (Å²) >= 11 is 4.88. The van der Waals surface area contributed by atoms with Crippen LogP contribution in [-0.2, 0) is 10.0 Å². The molecular weight excluding hydrogens is 274 g/mol. The van der Waals surface area contributed by atoms with E-state index in [1.54, 1.807) is 6.07 Å². The van der Waals surface area contributed by atoms with Crippen molar-refractivity contribution in [1.82, 2.24) is 14.9 Å². The van der Waals surface area contributed by atoms with Crippen molar-refractivity contribution >= 4 is 33.0 Å². The van der Waals surface area contributed by atoms with Gasteiger partial charge in [-0.15, -0.1) is 5.10 Å². The maximum absolute atomic E-state index is 10.8. The van der Waals surface area contributed by atoms with Crippen LogP contribution in [0.3, 0.4) is 0 Å². The predicted octanol–water partition coefficient (Wildman–Crippen LogP) is -0.538. The highest BCUT2D eigenvalue weighted by atomic mass is 32.2. The van der Waals surface area contributed by atoms with E-state index in [-0.39, 0.29) is 4.99 Å². The van der Waals surface area contributed by atoms with Crippen molar-refractivity contribution in [2.24, 2.45) is 5.73 Å². The Labute approximate surface area is 111 Å². The van der Waals surface area contributed by atoms with Crippen LogP contribution >= 0.6 is 12.2 Å². The predicted molar refractivity (Wildman–Crippen MR) is 73.9 cm³/mol. The number of rotatable bonds is 7. The maximum atomic E-state index is 10.8. The third kappa shape index (κ3) is 5.34. The largest absolute Gasteiger partial charge is 0.389 e. The van der Waals surface area contributed by atoms with E-state index in [1.807, 2.05) is 0 Å². The summed E-state index contributed by atoms with van der Waals surface area (Å²) in [6, 6.07) is 1.67. The molecule has 0 aliphatic carbocycles. The molecular formula is C9H15N5O2S2.